The van der Waals surface area contributed by atoms with Crippen LogP contribution in [0.15, 0.2) is 17.7 Å². The second kappa shape index (κ2) is 7.54. The van der Waals surface area contributed by atoms with Crippen LogP contribution in [0.1, 0.15) is 18.4 Å². The van der Waals surface area contributed by atoms with Crippen LogP contribution in [-0.4, -0.2) is 45.2 Å². The van der Waals surface area contributed by atoms with E-state index in [1.165, 1.54) is 27.4 Å². The average Bonchev–Trinajstić information content (AvgIpc) is 3.12. The highest BCUT2D eigenvalue weighted by molar-refractivity contribution is 6.02. The maximum absolute atomic E-state index is 12.4. The SMILES string of the molecule is COc1cc(OC)c(OC)cc1/C=C(\C#N)C(=O)N1CCCC1. The van der Waals surface area contributed by atoms with Gasteiger partial charge in [0.1, 0.15) is 17.4 Å². The molecule has 1 aliphatic rings. The number of amides is 1. The van der Waals surface area contributed by atoms with Crippen molar-refractivity contribution >= 4 is 12.0 Å². The van der Waals surface area contributed by atoms with Crippen LogP contribution in [0.3, 0.4) is 0 Å². The first kappa shape index (κ1) is 16.7. The van der Waals surface area contributed by atoms with Crippen LogP contribution < -0.4 is 14.2 Å². The van der Waals surface area contributed by atoms with Crippen LogP contribution in [-0.2, 0) is 4.79 Å². The first-order chi connectivity index (χ1) is 11.1. The molecule has 0 spiro atoms. The Labute approximate surface area is 135 Å². The Kier molecular flexibility index (Phi) is 5.47. The number of carbonyl (C=O) groups excluding carboxylic acids is 1. The van der Waals surface area contributed by atoms with Crippen LogP contribution in [0.25, 0.3) is 6.08 Å². The lowest BCUT2D eigenvalue weighted by Crippen LogP contribution is -2.28. The molecule has 0 bridgehead atoms. The standard InChI is InChI=1S/C17H20N2O4/c1-21-14-10-16(23-3)15(22-2)9-12(14)8-13(11-18)17(20)19-6-4-5-7-19/h8-10H,4-7H2,1-3H3/b13-8+. The van der Waals surface area contributed by atoms with Crippen molar-refractivity contribution in [3.8, 4) is 23.3 Å². The minimum absolute atomic E-state index is 0.0809. The van der Waals surface area contributed by atoms with Gasteiger partial charge >= 0.3 is 0 Å². The molecule has 0 saturated carbocycles. The Morgan fingerprint density at radius 1 is 1.09 bits per heavy atom. The molecule has 0 atom stereocenters. The summed E-state index contributed by atoms with van der Waals surface area (Å²) in [6, 6.07) is 5.34. The Morgan fingerprint density at radius 2 is 1.65 bits per heavy atom. The van der Waals surface area contributed by atoms with Crippen molar-refractivity contribution in [3.63, 3.8) is 0 Å². The van der Waals surface area contributed by atoms with Gasteiger partial charge in [0.25, 0.3) is 5.91 Å². The third-order valence-electron chi connectivity index (χ3n) is 3.78. The van der Waals surface area contributed by atoms with Crippen LogP contribution in [0.4, 0.5) is 0 Å². The highest BCUT2D eigenvalue weighted by Gasteiger charge is 2.22. The molecule has 1 amide bonds. The fraction of sp³-hybridized carbons (Fsp3) is 0.412. The van der Waals surface area contributed by atoms with E-state index in [1.807, 2.05) is 6.07 Å². The Bertz CT molecular complexity index is 655. The van der Waals surface area contributed by atoms with Crippen molar-refractivity contribution in [1.29, 1.82) is 5.26 Å². The molecule has 6 heteroatoms. The summed E-state index contributed by atoms with van der Waals surface area (Å²) in [5.41, 5.74) is 0.673. The van der Waals surface area contributed by atoms with E-state index in [0.717, 1.165) is 12.8 Å². The van der Waals surface area contributed by atoms with Gasteiger partial charge in [-0.15, -0.1) is 0 Å². The summed E-state index contributed by atoms with van der Waals surface area (Å²) < 4.78 is 15.8. The van der Waals surface area contributed by atoms with E-state index in [-0.39, 0.29) is 11.5 Å². The highest BCUT2D eigenvalue weighted by Crippen LogP contribution is 2.35. The summed E-state index contributed by atoms with van der Waals surface area (Å²) in [6.07, 6.45) is 3.48. The number of ether oxygens (including phenoxy) is 3. The first-order valence-corrected chi connectivity index (χ1v) is 7.35. The van der Waals surface area contributed by atoms with Crippen molar-refractivity contribution in [2.75, 3.05) is 34.4 Å². The van der Waals surface area contributed by atoms with E-state index in [1.54, 1.807) is 17.0 Å². The molecular weight excluding hydrogens is 296 g/mol. The summed E-state index contributed by atoms with van der Waals surface area (Å²) in [7, 11) is 4.58. The van der Waals surface area contributed by atoms with Gasteiger partial charge in [0.15, 0.2) is 11.5 Å². The minimum atomic E-state index is -0.248. The molecule has 0 radical (unpaired) electrons. The monoisotopic (exact) mass is 316 g/mol. The number of nitriles is 1. The third kappa shape index (κ3) is 3.57. The van der Waals surface area contributed by atoms with E-state index < -0.39 is 0 Å². The van der Waals surface area contributed by atoms with Crippen molar-refractivity contribution in [3.05, 3.63) is 23.3 Å². The zero-order valence-electron chi connectivity index (χ0n) is 13.6. The molecule has 1 saturated heterocycles. The molecule has 0 unspecified atom stereocenters. The van der Waals surface area contributed by atoms with Gasteiger partial charge in [-0.1, -0.05) is 0 Å². The number of benzene rings is 1. The van der Waals surface area contributed by atoms with Crippen LogP contribution in [0.2, 0.25) is 0 Å². The molecule has 122 valence electrons. The number of methoxy groups -OCH3 is 3. The van der Waals surface area contributed by atoms with Crippen molar-refractivity contribution in [2.45, 2.75) is 12.8 Å². The zero-order valence-corrected chi connectivity index (χ0v) is 13.6. The largest absolute Gasteiger partial charge is 0.496 e. The number of carbonyl (C=O) groups is 1. The van der Waals surface area contributed by atoms with Gasteiger partial charge in [0, 0.05) is 24.7 Å². The summed E-state index contributed by atoms with van der Waals surface area (Å²) in [6.45, 7) is 1.39. The Balaban J connectivity index is 2.42. The lowest BCUT2D eigenvalue weighted by molar-refractivity contribution is -0.125. The quantitative estimate of drug-likeness (QED) is 0.615. The molecule has 1 aliphatic heterocycles. The molecule has 6 nitrogen and oxygen atoms in total. The minimum Gasteiger partial charge on any atom is -0.496 e. The van der Waals surface area contributed by atoms with E-state index in [9.17, 15) is 10.1 Å². The third-order valence-corrected chi connectivity index (χ3v) is 3.78. The van der Waals surface area contributed by atoms with Gasteiger partial charge in [-0.05, 0) is 25.0 Å². The van der Waals surface area contributed by atoms with Crippen molar-refractivity contribution in [1.82, 2.24) is 4.90 Å². The van der Waals surface area contributed by atoms with Crippen LogP contribution in [0, 0.1) is 11.3 Å². The first-order valence-electron chi connectivity index (χ1n) is 7.35. The molecule has 1 aromatic carbocycles. The lowest BCUT2D eigenvalue weighted by atomic mass is 10.1. The zero-order chi connectivity index (χ0) is 16.8. The van der Waals surface area contributed by atoms with Gasteiger partial charge in [0.05, 0.1) is 21.3 Å². The normalized spacial score (nSPS) is 14.3. The predicted molar refractivity (Wildman–Crippen MR) is 85.5 cm³/mol. The topological polar surface area (TPSA) is 71.8 Å². The molecular formula is C17H20N2O4. The summed E-state index contributed by atoms with van der Waals surface area (Å²) in [5.74, 6) is 1.28. The summed E-state index contributed by atoms with van der Waals surface area (Å²) >= 11 is 0. The van der Waals surface area contributed by atoms with Gasteiger partial charge in [-0.3, -0.25) is 4.79 Å². The maximum atomic E-state index is 12.4. The molecule has 1 heterocycles. The van der Waals surface area contributed by atoms with E-state index in [4.69, 9.17) is 14.2 Å². The average molecular weight is 316 g/mol. The smallest absolute Gasteiger partial charge is 0.264 e. The van der Waals surface area contributed by atoms with E-state index in [2.05, 4.69) is 0 Å². The Hall–Kier alpha value is -2.68. The van der Waals surface area contributed by atoms with Gasteiger partial charge in [-0.2, -0.15) is 5.26 Å². The summed E-state index contributed by atoms with van der Waals surface area (Å²) in [5, 5.41) is 9.35. The molecule has 1 fully saturated rings. The second-order valence-electron chi connectivity index (χ2n) is 5.12. The molecule has 23 heavy (non-hydrogen) atoms. The molecule has 1 aromatic rings. The van der Waals surface area contributed by atoms with Crippen molar-refractivity contribution in [2.24, 2.45) is 0 Å². The molecule has 0 N–H and O–H groups in total. The fourth-order valence-electron chi connectivity index (χ4n) is 2.55. The molecule has 0 aliphatic carbocycles. The Morgan fingerprint density at radius 3 is 2.17 bits per heavy atom. The van der Waals surface area contributed by atoms with Gasteiger partial charge in [-0.25, -0.2) is 0 Å². The molecule has 2 rings (SSSR count). The van der Waals surface area contributed by atoms with Crippen LogP contribution >= 0.6 is 0 Å². The van der Waals surface area contributed by atoms with E-state index in [0.29, 0.717) is 35.9 Å². The number of rotatable bonds is 5. The van der Waals surface area contributed by atoms with E-state index >= 15 is 0 Å². The van der Waals surface area contributed by atoms with Gasteiger partial charge in [0.2, 0.25) is 0 Å². The highest BCUT2D eigenvalue weighted by atomic mass is 16.5. The predicted octanol–water partition coefficient (Wildman–Crippen LogP) is 2.24. The number of hydrogen-bond acceptors (Lipinski definition) is 5. The maximum Gasteiger partial charge on any atom is 0.264 e. The van der Waals surface area contributed by atoms with Crippen molar-refractivity contribution < 1.29 is 19.0 Å². The lowest BCUT2D eigenvalue weighted by Gasteiger charge is -2.15. The van der Waals surface area contributed by atoms with Crippen LogP contribution in [0.5, 0.6) is 17.2 Å². The number of likely N-dealkylation sites (tertiary alicyclic amines) is 1. The summed E-state index contributed by atoms with van der Waals surface area (Å²) in [4.78, 5) is 14.1. The second-order valence-corrected chi connectivity index (χ2v) is 5.12. The number of hydrogen-bond donors (Lipinski definition) is 0. The van der Waals surface area contributed by atoms with Gasteiger partial charge < -0.3 is 19.1 Å². The fourth-order valence-corrected chi connectivity index (χ4v) is 2.55. The number of nitrogens with zero attached hydrogens (tertiary/aromatic N) is 2. The molecule has 0 aromatic heterocycles.